The van der Waals surface area contributed by atoms with Crippen LogP contribution in [0.4, 0.5) is 5.69 Å². The summed E-state index contributed by atoms with van der Waals surface area (Å²) in [7, 11) is 0. The van der Waals surface area contributed by atoms with Gasteiger partial charge in [0.15, 0.2) is 6.61 Å². The number of anilines is 1. The van der Waals surface area contributed by atoms with Gasteiger partial charge >= 0.3 is 0 Å². The SMILES string of the molecule is C/C(=N/NC(=O)c1ccc(Cl)s1)c1ccc(NC(=O)COc2ccc(Cl)cc2)cc1. The third-order valence-electron chi connectivity index (χ3n) is 3.89. The summed E-state index contributed by atoms with van der Waals surface area (Å²) in [5.41, 5.74) is 4.54. The Labute approximate surface area is 187 Å². The largest absolute Gasteiger partial charge is 0.484 e. The summed E-state index contributed by atoms with van der Waals surface area (Å²) < 4.78 is 5.95. The van der Waals surface area contributed by atoms with Gasteiger partial charge in [0.05, 0.1) is 14.9 Å². The van der Waals surface area contributed by atoms with E-state index in [1.54, 1.807) is 67.6 Å². The molecule has 9 heteroatoms. The van der Waals surface area contributed by atoms with Gasteiger partial charge in [-0.2, -0.15) is 5.10 Å². The van der Waals surface area contributed by atoms with Crippen molar-refractivity contribution in [3.8, 4) is 5.75 Å². The second-order valence-electron chi connectivity index (χ2n) is 6.11. The van der Waals surface area contributed by atoms with Crippen molar-refractivity contribution in [3.05, 3.63) is 80.5 Å². The molecule has 3 rings (SSSR count). The summed E-state index contributed by atoms with van der Waals surface area (Å²) in [5, 5.41) is 7.46. The van der Waals surface area contributed by atoms with Crippen LogP contribution in [0.5, 0.6) is 5.75 Å². The maximum atomic E-state index is 12.0. The predicted molar refractivity (Wildman–Crippen MR) is 121 cm³/mol. The predicted octanol–water partition coefficient (Wildman–Crippen LogP) is 5.23. The average molecular weight is 462 g/mol. The molecule has 154 valence electrons. The van der Waals surface area contributed by atoms with Crippen molar-refractivity contribution in [1.29, 1.82) is 0 Å². The number of amides is 2. The molecule has 0 spiro atoms. The Kier molecular flexibility index (Phi) is 7.46. The standard InChI is InChI=1S/C21H17Cl2N3O3S/c1-13(25-26-21(28)18-10-11-19(23)30-18)14-2-6-16(7-3-14)24-20(27)12-29-17-8-4-15(22)5-9-17/h2-11H,12H2,1H3,(H,24,27)(H,26,28)/b25-13-. The van der Waals surface area contributed by atoms with Gasteiger partial charge in [-0.3, -0.25) is 9.59 Å². The Morgan fingerprint density at radius 2 is 1.70 bits per heavy atom. The summed E-state index contributed by atoms with van der Waals surface area (Å²) in [6.07, 6.45) is 0. The van der Waals surface area contributed by atoms with Gasteiger partial charge in [0.1, 0.15) is 5.75 Å². The molecule has 2 aromatic carbocycles. The monoisotopic (exact) mass is 461 g/mol. The second kappa shape index (κ2) is 10.2. The number of carbonyl (C=O) groups is 2. The minimum atomic E-state index is -0.323. The van der Waals surface area contributed by atoms with E-state index in [-0.39, 0.29) is 18.4 Å². The number of hydrazone groups is 1. The van der Waals surface area contributed by atoms with Gasteiger partial charge in [-0.05, 0) is 61.0 Å². The van der Waals surface area contributed by atoms with Gasteiger partial charge in [0.2, 0.25) is 0 Å². The lowest BCUT2D eigenvalue weighted by molar-refractivity contribution is -0.118. The van der Waals surface area contributed by atoms with Crippen LogP contribution in [0.3, 0.4) is 0 Å². The van der Waals surface area contributed by atoms with E-state index in [2.05, 4.69) is 15.8 Å². The zero-order valence-corrected chi connectivity index (χ0v) is 18.1. The number of hydrogen-bond acceptors (Lipinski definition) is 5. The van der Waals surface area contributed by atoms with Crippen molar-refractivity contribution in [1.82, 2.24) is 5.43 Å². The highest BCUT2D eigenvalue weighted by molar-refractivity contribution is 7.18. The number of halogens is 2. The van der Waals surface area contributed by atoms with Gasteiger partial charge in [0, 0.05) is 10.7 Å². The highest BCUT2D eigenvalue weighted by atomic mass is 35.5. The first-order valence-electron chi connectivity index (χ1n) is 8.79. The highest BCUT2D eigenvalue weighted by Gasteiger charge is 2.08. The summed E-state index contributed by atoms with van der Waals surface area (Å²) in [6, 6.07) is 17.1. The molecule has 0 aliphatic heterocycles. The first-order chi connectivity index (χ1) is 14.4. The fraction of sp³-hybridized carbons (Fsp3) is 0.0952. The van der Waals surface area contributed by atoms with Crippen molar-refractivity contribution in [3.63, 3.8) is 0 Å². The zero-order valence-electron chi connectivity index (χ0n) is 15.8. The van der Waals surface area contributed by atoms with E-state index in [0.717, 1.165) is 5.56 Å². The number of carbonyl (C=O) groups excluding carboxylic acids is 2. The lowest BCUT2D eigenvalue weighted by Crippen LogP contribution is -2.20. The van der Waals surface area contributed by atoms with E-state index in [4.69, 9.17) is 27.9 Å². The Balaban J connectivity index is 1.51. The van der Waals surface area contributed by atoms with Crippen molar-refractivity contribution in [2.75, 3.05) is 11.9 Å². The summed E-state index contributed by atoms with van der Waals surface area (Å²) in [4.78, 5) is 24.5. The van der Waals surface area contributed by atoms with Crippen LogP contribution in [0.25, 0.3) is 0 Å². The summed E-state index contributed by atoms with van der Waals surface area (Å²) in [6.45, 7) is 1.65. The van der Waals surface area contributed by atoms with Gasteiger partial charge in [-0.1, -0.05) is 35.3 Å². The van der Waals surface area contributed by atoms with E-state index in [1.807, 2.05) is 0 Å². The maximum Gasteiger partial charge on any atom is 0.281 e. The number of thiophene rings is 1. The molecule has 2 amide bonds. The number of nitrogens with zero attached hydrogens (tertiary/aromatic N) is 1. The molecule has 30 heavy (non-hydrogen) atoms. The molecule has 0 atom stereocenters. The van der Waals surface area contributed by atoms with Crippen LogP contribution in [0.2, 0.25) is 9.36 Å². The summed E-state index contributed by atoms with van der Waals surface area (Å²) in [5.74, 6) is -0.0515. The van der Waals surface area contributed by atoms with Gasteiger partial charge in [0.25, 0.3) is 11.8 Å². The first-order valence-corrected chi connectivity index (χ1v) is 10.4. The highest BCUT2D eigenvalue weighted by Crippen LogP contribution is 2.21. The van der Waals surface area contributed by atoms with Crippen LogP contribution < -0.4 is 15.5 Å². The van der Waals surface area contributed by atoms with E-state index in [1.165, 1.54) is 11.3 Å². The van der Waals surface area contributed by atoms with Gasteiger partial charge < -0.3 is 10.1 Å². The molecular weight excluding hydrogens is 445 g/mol. The minimum Gasteiger partial charge on any atom is -0.484 e. The quantitative estimate of drug-likeness (QED) is 0.373. The third kappa shape index (κ3) is 6.32. The van der Waals surface area contributed by atoms with Crippen LogP contribution in [0.1, 0.15) is 22.2 Å². The van der Waals surface area contributed by atoms with Crippen LogP contribution in [0.15, 0.2) is 65.8 Å². The van der Waals surface area contributed by atoms with Crippen molar-refractivity contribution in [2.45, 2.75) is 6.92 Å². The molecule has 1 heterocycles. The topological polar surface area (TPSA) is 79.8 Å². The minimum absolute atomic E-state index is 0.122. The Hall–Kier alpha value is -2.87. The third-order valence-corrected chi connectivity index (χ3v) is 5.37. The number of hydrogen-bond donors (Lipinski definition) is 2. The maximum absolute atomic E-state index is 12.0. The molecule has 0 radical (unpaired) electrons. The molecule has 2 N–H and O–H groups in total. The zero-order chi connectivity index (χ0) is 21.5. The van der Waals surface area contributed by atoms with E-state index in [0.29, 0.717) is 31.4 Å². The number of benzene rings is 2. The second-order valence-corrected chi connectivity index (χ2v) is 8.26. The fourth-order valence-electron chi connectivity index (χ4n) is 2.36. The van der Waals surface area contributed by atoms with Gasteiger partial charge in [-0.25, -0.2) is 5.43 Å². The smallest absolute Gasteiger partial charge is 0.281 e. The lowest BCUT2D eigenvalue weighted by Gasteiger charge is -2.08. The summed E-state index contributed by atoms with van der Waals surface area (Å²) >= 11 is 12.8. The molecule has 0 unspecified atom stereocenters. The number of ether oxygens (including phenoxy) is 1. The molecule has 0 saturated carbocycles. The van der Waals surface area contributed by atoms with Crippen LogP contribution in [-0.2, 0) is 4.79 Å². The fourth-order valence-corrected chi connectivity index (χ4v) is 3.42. The normalized spacial score (nSPS) is 11.1. The van der Waals surface area contributed by atoms with Crippen molar-refractivity contribution < 1.29 is 14.3 Å². The Bertz CT molecular complexity index is 1060. The van der Waals surface area contributed by atoms with Gasteiger partial charge in [-0.15, -0.1) is 11.3 Å². The van der Waals surface area contributed by atoms with E-state index < -0.39 is 0 Å². The molecule has 6 nitrogen and oxygen atoms in total. The molecule has 0 bridgehead atoms. The van der Waals surface area contributed by atoms with Crippen LogP contribution in [0, 0.1) is 0 Å². The molecule has 0 aliphatic rings. The van der Waals surface area contributed by atoms with E-state index >= 15 is 0 Å². The lowest BCUT2D eigenvalue weighted by atomic mass is 10.1. The Morgan fingerprint density at radius 3 is 2.33 bits per heavy atom. The molecule has 0 fully saturated rings. The molecule has 0 aliphatic carbocycles. The number of nitrogens with one attached hydrogen (secondary N) is 2. The molecule has 3 aromatic rings. The van der Waals surface area contributed by atoms with Crippen molar-refractivity contribution in [2.24, 2.45) is 5.10 Å². The molecule has 1 aromatic heterocycles. The Morgan fingerprint density at radius 1 is 1.00 bits per heavy atom. The van der Waals surface area contributed by atoms with Crippen LogP contribution in [-0.4, -0.2) is 24.1 Å². The molecular formula is C21H17Cl2N3O3S. The average Bonchev–Trinajstić information content (AvgIpc) is 3.18. The van der Waals surface area contributed by atoms with Crippen molar-refractivity contribution >= 4 is 57.8 Å². The first kappa shape index (κ1) is 21.8. The number of rotatable bonds is 7. The van der Waals surface area contributed by atoms with Crippen LogP contribution >= 0.6 is 34.5 Å². The molecule has 0 saturated heterocycles. The van der Waals surface area contributed by atoms with E-state index in [9.17, 15) is 9.59 Å².